The summed E-state index contributed by atoms with van der Waals surface area (Å²) in [5, 5.41) is 7.53. The van der Waals surface area contributed by atoms with Gasteiger partial charge in [-0.15, -0.1) is 11.3 Å². The van der Waals surface area contributed by atoms with Gasteiger partial charge in [-0.25, -0.2) is 0 Å². The fraction of sp³-hybridized carbons (Fsp3) is 0.240. The van der Waals surface area contributed by atoms with Gasteiger partial charge in [0.2, 0.25) is 11.8 Å². The fourth-order valence-electron chi connectivity index (χ4n) is 3.81. The van der Waals surface area contributed by atoms with Gasteiger partial charge >= 0.3 is 0 Å². The molecular weight excluding hydrogens is 422 g/mol. The number of hydrogen-bond donors (Lipinski definition) is 2. The van der Waals surface area contributed by atoms with Crippen LogP contribution in [0.1, 0.15) is 31.9 Å². The van der Waals surface area contributed by atoms with E-state index in [9.17, 15) is 14.4 Å². The predicted octanol–water partition coefficient (Wildman–Crippen LogP) is 3.55. The fourth-order valence-corrected chi connectivity index (χ4v) is 4.70. The molecule has 4 rings (SSSR count). The van der Waals surface area contributed by atoms with E-state index in [4.69, 9.17) is 0 Å². The van der Waals surface area contributed by atoms with Crippen molar-refractivity contribution >= 4 is 34.7 Å². The SMILES string of the molecule is Cc1c(NC(=O)CNC(=O)Cc2ccccc2)cccc1C(=O)N1CCc2sccc2C1. The molecular formula is C25H25N3O3S. The molecule has 2 aromatic carbocycles. The topological polar surface area (TPSA) is 78.5 Å². The summed E-state index contributed by atoms with van der Waals surface area (Å²) in [6, 6.07) is 16.8. The number of fused-ring (bicyclic) bond motifs is 1. The molecule has 164 valence electrons. The van der Waals surface area contributed by atoms with E-state index >= 15 is 0 Å². The molecule has 6 nitrogen and oxygen atoms in total. The van der Waals surface area contributed by atoms with Gasteiger partial charge < -0.3 is 15.5 Å². The van der Waals surface area contributed by atoms with Crippen LogP contribution in [0.4, 0.5) is 5.69 Å². The van der Waals surface area contributed by atoms with Crippen molar-refractivity contribution in [1.29, 1.82) is 0 Å². The lowest BCUT2D eigenvalue weighted by Gasteiger charge is -2.28. The molecule has 32 heavy (non-hydrogen) atoms. The van der Waals surface area contributed by atoms with Crippen LogP contribution in [0.3, 0.4) is 0 Å². The number of thiophene rings is 1. The number of rotatable bonds is 6. The van der Waals surface area contributed by atoms with Gasteiger partial charge in [-0.3, -0.25) is 14.4 Å². The number of nitrogens with zero attached hydrogens (tertiary/aromatic N) is 1. The number of amides is 3. The molecule has 0 spiro atoms. The summed E-state index contributed by atoms with van der Waals surface area (Å²) in [6.45, 7) is 3.00. The van der Waals surface area contributed by atoms with Gasteiger partial charge in [-0.2, -0.15) is 0 Å². The van der Waals surface area contributed by atoms with E-state index in [1.54, 1.807) is 29.5 Å². The molecule has 1 aromatic heterocycles. The summed E-state index contributed by atoms with van der Waals surface area (Å²) in [4.78, 5) is 40.8. The highest BCUT2D eigenvalue weighted by Crippen LogP contribution is 2.27. The van der Waals surface area contributed by atoms with Crippen LogP contribution in [-0.4, -0.2) is 35.7 Å². The monoisotopic (exact) mass is 447 g/mol. The summed E-state index contributed by atoms with van der Waals surface area (Å²) in [6.07, 6.45) is 1.09. The first-order chi connectivity index (χ1) is 15.5. The normalized spacial score (nSPS) is 12.7. The number of carbonyl (C=O) groups excluding carboxylic acids is 3. The Kier molecular flexibility index (Phi) is 6.66. The largest absolute Gasteiger partial charge is 0.347 e. The van der Waals surface area contributed by atoms with Crippen LogP contribution in [0, 0.1) is 6.92 Å². The number of hydrogen-bond acceptors (Lipinski definition) is 4. The zero-order valence-corrected chi connectivity index (χ0v) is 18.7. The summed E-state index contributed by atoms with van der Waals surface area (Å²) in [7, 11) is 0. The van der Waals surface area contributed by atoms with E-state index in [1.807, 2.05) is 42.2 Å². The molecule has 2 N–H and O–H groups in total. The molecule has 0 saturated carbocycles. The molecule has 0 saturated heterocycles. The molecule has 1 aliphatic heterocycles. The molecule has 3 amide bonds. The van der Waals surface area contributed by atoms with Crippen molar-refractivity contribution in [3.63, 3.8) is 0 Å². The maximum Gasteiger partial charge on any atom is 0.254 e. The number of benzene rings is 2. The maximum absolute atomic E-state index is 13.1. The van der Waals surface area contributed by atoms with Crippen molar-refractivity contribution in [3.05, 3.63) is 87.1 Å². The Labute approximate surface area is 191 Å². The van der Waals surface area contributed by atoms with Crippen molar-refractivity contribution < 1.29 is 14.4 Å². The van der Waals surface area contributed by atoms with Crippen LogP contribution in [-0.2, 0) is 29.0 Å². The van der Waals surface area contributed by atoms with Crippen LogP contribution in [0.25, 0.3) is 0 Å². The Balaban J connectivity index is 1.35. The smallest absolute Gasteiger partial charge is 0.254 e. The minimum Gasteiger partial charge on any atom is -0.347 e. The quantitative estimate of drug-likeness (QED) is 0.607. The molecule has 0 fully saturated rings. The average Bonchev–Trinajstić information content (AvgIpc) is 3.27. The van der Waals surface area contributed by atoms with Crippen LogP contribution in [0.5, 0.6) is 0 Å². The van der Waals surface area contributed by atoms with Gasteiger partial charge in [0.1, 0.15) is 0 Å². The summed E-state index contributed by atoms with van der Waals surface area (Å²) in [5.41, 5.74) is 3.97. The lowest BCUT2D eigenvalue weighted by molar-refractivity contribution is -0.123. The highest BCUT2D eigenvalue weighted by molar-refractivity contribution is 7.10. The highest BCUT2D eigenvalue weighted by Gasteiger charge is 2.24. The number of anilines is 1. The third-order valence-corrected chi connectivity index (χ3v) is 6.61. The molecule has 1 aliphatic rings. The van der Waals surface area contributed by atoms with E-state index in [2.05, 4.69) is 22.1 Å². The van der Waals surface area contributed by atoms with Gasteiger partial charge in [0, 0.05) is 29.2 Å². The van der Waals surface area contributed by atoms with Gasteiger partial charge in [0.05, 0.1) is 13.0 Å². The lowest BCUT2D eigenvalue weighted by Crippen LogP contribution is -2.36. The molecule has 2 heterocycles. The number of carbonyl (C=O) groups is 3. The Bertz CT molecular complexity index is 1140. The third-order valence-electron chi connectivity index (χ3n) is 5.59. The zero-order valence-electron chi connectivity index (χ0n) is 17.9. The van der Waals surface area contributed by atoms with Crippen molar-refractivity contribution in [2.75, 3.05) is 18.4 Å². The lowest BCUT2D eigenvalue weighted by atomic mass is 10.0. The van der Waals surface area contributed by atoms with Gasteiger partial charge in [0.25, 0.3) is 5.91 Å². The Hall–Kier alpha value is -3.45. The van der Waals surface area contributed by atoms with Gasteiger partial charge in [0.15, 0.2) is 0 Å². The Morgan fingerprint density at radius 2 is 1.81 bits per heavy atom. The van der Waals surface area contributed by atoms with Crippen molar-refractivity contribution in [1.82, 2.24) is 10.2 Å². The van der Waals surface area contributed by atoms with E-state index in [1.165, 1.54) is 10.4 Å². The molecule has 0 radical (unpaired) electrons. The summed E-state index contributed by atoms with van der Waals surface area (Å²) in [5.74, 6) is -0.587. The van der Waals surface area contributed by atoms with E-state index < -0.39 is 0 Å². The highest BCUT2D eigenvalue weighted by atomic mass is 32.1. The summed E-state index contributed by atoms with van der Waals surface area (Å²) >= 11 is 1.74. The first kappa shape index (κ1) is 21.8. The second-order valence-electron chi connectivity index (χ2n) is 7.81. The van der Waals surface area contributed by atoms with Crippen LogP contribution < -0.4 is 10.6 Å². The van der Waals surface area contributed by atoms with E-state index in [-0.39, 0.29) is 30.7 Å². The standard InChI is InChI=1S/C25H25N3O3S/c1-17-20(25(31)28-12-10-22-19(16-28)11-13-32-22)8-5-9-21(17)27-24(30)15-26-23(29)14-18-6-3-2-4-7-18/h2-9,11,13H,10,12,14-16H2,1H3,(H,26,29)(H,27,30). The van der Waals surface area contributed by atoms with Crippen molar-refractivity contribution in [2.24, 2.45) is 0 Å². The second-order valence-corrected chi connectivity index (χ2v) is 8.81. The first-order valence-corrected chi connectivity index (χ1v) is 11.4. The third kappa shape index (κ3) is 5.06. The molecule has 0 unspecified atom stereocenters. The Morgan fingerprint density at radius 1 is 1.00 bits per heavy atom. The molecule has 0 aliphatic carbocycles. The van der Waals surface area contributed by atoms with Crippen molar-refractivity contribution in [3.8, 4) is 0 Å². The molecule has 7 heteroatoms. The predicted molar refractivity (Wildman–Crippen MR) is 126 cm³/mol. The Morgan fingerprint density at radius 3 is 2.62 bits per heavy atom. The molecule has 0 bridgehead atoms. The molecule has 3 aromatic rings. The van der Waals surface area contributed by atoms with Crippen LogP contribution in [0.15, 0.2) is 60.0 Å². The van der Waals surface area contributed by atoms with Crippen LogP contribution in [0.2, 0.25) is 0 Å². The van der Waals surface area contributed by atoms with E-state index in [0.29, 0.717) is 24.3 Å². The number of nitrogens with one attached hydrogen (secondary N) is 2. The minimum atomic E-state index is -0.333. The van der Waals surface area contributed by atoms with Gasteiger partial charge in [-0.1, -0.05) is 36.4 Å². The van der Waals surface area contributed by atoms with Gasteiger partial charge in [-0.05, 0) is 53.6 Å². The first-order valence-electron chi connectivity index (χ1n) is 10.6. The maximum atomic E-state index is 13.1. The second kappa shape index (κ2) is 9.78. The molecule has 0 atom stereocenters. The summed E-state index contributed by atoms with van der Waals surface area (Å²) < 4.78 is 0. The van der Waals surface area contributed by atoms with E-state index in [0.717, 1.165) is 17.5 Å². The van der Waals surface area contributed by atoms with Crippen molar-refractivity contribution in [2.45, 2.75) is 26.3 Å². The van der Waals surface area contributed by atoms with Crippen LogP contribution >= 0.6 is 11.3 Å². The minimum absolute atomic E-state index is 0.0355. The average molecular weight is 448 g/mol. The zero-order chi connectivity index (χ0) is 22.5.